The molecule has 1 aromatic heterocycles. The van der Waals surface area contributed by atoms with E-state index in [4.69, 9.17) is 4.74 Å². The highest BCUT2D eigenvalue weighted by Crippen LogP contribution is 2.19. The Bertz CT molecular complexity index is 304. The molecule has 1 atom stereocenters. The summed E-state index contributed by atoms with van der Waals surface area (Å²) in [6, 6.07) is 2.08. The van der Waals surface area contributed by atoms with Crippen molar-refractivity contribution in [3.05, 3.63) is 24.0 Å². The highest BCUT2D eigenvalue weighted by atomic mass is 16.5. The molecule has 1 heterocycles. The summed E-state index contributed by atoms with van der Waals surface area (Å²) in [5.41, 5.74) is 1.83. The van der Waals surface area contributed by atoms with E-state index >= 15 is 0 Å². The Morgan fingerprint density at radius 2 is 2.33 bits per heavy atom. The van der Waals surface area contributed by atoms with E-state index in [9.17, 15) is 5.11 Å². The van der Waals surface area contributed by atoms with Gasteiger partial charge in [0.15, 0.2) is 0 Å². The maximum atomic E-state index is 9.19. The van der Waals surface area contributed by atoms with Gasteiger partial charge in [0.05, 0.1) is 25.1 Å². The van der Waals surface area contributed by atoms with E-state index in [1.54, 1.807) is 19.5 Å². The van der Waals surface area contributed by atoms with Crippen molar-refractivity contribution >= 4 is 5.69 Å². The first-order chi connectivity index (χ1) is 7.20. The molecule has 1 rings (SSSR count). The van der Waals surface area contributed by atoms with Gasteiger partial charge in [0.2, 0.25) is 0 Å². The van der Waals surface area contributed by atoms with Crippen molar-refractivity contribution in [2.75, 3.05) is 25.7 Å². The van der Waals surface area contributed by atoms with Gasteiger partial charge in [0.1, 0.15) is 0 Å². The van der Waals surface area contributed by atoms with Crippen molar-refractivity contribution in [1.82, 2.24) is 4.98 Å². The van der Waals surface area contributed by atoms with E-state index in [1.165, 1.54) is 0 Å². The lowest BCUT2D eigenvalue weighted by atomic mass is 10.2. The lowest BCUT2D eigenvalue weighted by Gasteiger charge is -2.27. The summed E-state index contributed by atoms with van der Waals surface area (Å²) in [6.07, 6.45) is 3.45. The van der Waals surface area contributed by atoms with Crippen LogP contribution < -0.4 is 4.90 Å². The van der Waals surface area contributed by atoms with E-state index in [2.05, 4.69) is 16.8 Å². The number of aliphatic hydroxyl groups excluding tert-OH is 1. The average molecular weight is 210 g/mol. The first-order valence-corrected chi connectivity index (χ1v) is 4.96. The number of methoxy groups -OCH3 is 1. The van der Waals surface area contributed by atoms with E-state index in [-0.39, 0.29) is 12.6 Å². The Labute approximate surface area is 90.5 Å². The zero-order valence-corrected chi connectivity index (χ0v) is 9.47. The number of likely N-dealkylation sites (N-methyl/N-ethyl adjacent to an activating group) is 1. The van der Waals surface area contributed by atoms with Gasteiger partial charge in [0.25, 0.3) is 0 Å². The first-order valence-electron chi connectivity index (χ1n) is 4.96. The molecule has 0 saturated carbocycles. The van der Waals surface area contributed by atoms with Crippen molar-refractivity contribution in [3.63, 3.8) is 0 Å². The number of pyridine rings is 1. The summed E-state index contributed by atoms with van der Waals surface area (Å²) < 4.78 is 5.10. The molecule has 0 spiro atoms. The quantitative estimate of drug-likeness (QED) is 0.789. The molecular weight excluding hydrogens is 192 g/mol. The molecule has 0 aliphatic carbocycles. The summed E-state index contributed by atoms with van der Waals surface area (Å²) in [5.74, 6) is 0. The third kappa shape index (κ3) is 2.91. The van der Waals surface area contributed by atoms with E-state index in [0.29, 0.717) is 6.61 Å². The van der Waals surface area contributed by atoms with E-state index < -0.39 is 0 Å². The number of hydrogen-bond acceptors (Lipinski definition) is 4. The van der Waals surface area contributed by atoms with Crippen molar-refractivity contribution in [2.24, 2.45) is 0 Å². The largest absolute Gasteiger partial charge is 0.392 e. The maximum Gasteiger partial charge on any atom is 0.0703 e. The lowest BCUT2D eigenvalue weighted by molar-refractivity contribution is 0.183. The van der Waals surface area contributed by atoms with Crippen LogP contribution in [0.1, 0.15) is 12.5 Å². The molecule has 1 unspecified atom stereocenters. The number of nitrogens with zero attached hydrogens (tertiary/aromatic N) is 2. The highest BCUT2D eigenvalue weighted by Gasteiger charge is 2.12. The summed E-state index contributed by atoms with van der Waals surface area (Å²) in [7, 11) is 3.65. The summed E-state index contributed by atoms with van der Waals surface area (Å²) in [6.45, 7) is 2.75. The second kappa shape index (κ2) is 5.68. The second-order valence-electron chi connectivity index (χ2n) is 3.58. The molecule has 0 aromatic carbocycles. The maximum absolute atomic E-state index is 9.19. The smallest absolute Gasteiger partial charge is 0.0703 e. The summed E-state index contributed by atoms with van der Waals surface area (Å²) >= 11 is 0. The summed E-state index contributed by atoms with van der Waals surface area (Å²) in [5, 5.41) is 9.19. The third-order valence-corrected chi connectivity index (χ3v) is 2.51. The molecule has 0 fully saturated rings. The summed E-state index contributed by atoms with van der Waals surface area (Å²) in [4.78, 5) is 6.12. The molecule has 0 radical (unpaired) electrons. The fraction of sp³-hybridized carbons (Fsp3) is 0.545. The molecule has 4 heteroatoms. The molecule has 0 amide bonds. The van der Waals surface area contributed by atoms with Crippen LogP contribution in [0.15, 0.2) is 18.5 Å². The number of aromatic nitrogens is 1. The van der Waals surface area contributed by atoms with Crippen molar-refractivity contribution in [2.45, 2.75) is 19.6 Å². The standard InChI is InChI=1S/C11H18N2O2/c1-9(8-15-3)13(2)11-6-12-5-4-10(11)7-14/h4-6,9,14H,7-8H2,1-3H3. The average Bonchev–Trinajstić information content (AvgIpc) is 2.28. The highest BCUT2D eigenvalue weighted by molar-refractivity contribution is 5.51. The van der Waals surface area contributed by atoms with Crippen LogP contribution >= 0.6 is 0 Å². The Kier molecular flexibility index (Phi) is 4.52. The Morgan fingerprint density at radius 3 is 2.93 bits per heavy atom. The number of aliphatic hydroxyl groups is 1. The molecule has 1 N–H and O–H groups in total. The zero-order chi connectivity index (χ0) is 11.3. The van der Waals surface area contributed by atoms with Gasteiger partial charge < -0.3 is 14.7 Å². The predicted molar refractivity (Wildman–Crippen MR) is 59.9 cm³/mol. The zero-order valence-electron chi connectivity index (χ0n) is 9.47. The molecule has 84 valence electrons. The van der Waals surface area contributed by atoms with Crippen LogP contribution in [-0.4, -0.2) is 36.9 Å². The van der Waals surface area contributed by atoms with Crippen LogP contribution in [0.2, 0.25) is 0 Å². The van der Waals surface area contributed by atoms with Crippen LogP contribution in [0.3, 0.4) is 0 Å². The Balaban J connectivity index is 2.84. The fourth-order valence-corrected chi connectivity index (χ4v) is 1.46. The third-order valence-electron chi connectivity index (χ3n) is 2.51. The van der Waals surface area contributed by atoms with Gasteiger partial charge in [-0.05, 0) is 13.0 Å². The normalized spacial score (nSPS) is 12.5. The second-order valence-corrected chi connectivity index (χ2v) is 3.58. The van der Waals surface area contributed by atoms with Gasteiger partial charge in [-0.3, -0.25) is 4.98 Å². The topological polar surface area (TPSA) is 45.6 Å². The minimum atomic E-state index is 0.0297. The number of anilines is 1. The minimum Gasteiger partial charge on any atom is -0.392 e. The monoisotopic (exact) mass is 210 g/mol. The van der Waals surface area contributed by atoms with Crippen LogP contribution in [0.5, 0.6) is 0 Å². The van der Waals surface area contributed by atoms with Crippen molar-refractivity contribution in [3.8, 4) is 0 Å². The Morgan fingerprint density at radius 1 is 1.60 bits per heavy atom. The van der Waals surface area contributed by atoms with Gasteiger partial charge in [-0.1, -0.05) is 0 Å². The van der Waals surface area contributed by atoms with Gasteiger partial charge in [-0.25, -0.2) is 0 Å². The molecule has 4 nitrogen and oxygen atoms in total. The van der Waals surface area contributed by atoms with Crippen LogP contribution in [0.25, 0.3) is 0 Å². The molecule has 0 aliphatic heterocycles. The van der Waals surface area contributed by atoms with Crippen LogP contribution in [0, 0.1) is 0 Å². The number of rotatable bonds is 5. The molecule has 0 saturated heterocycles. The van der Waals surface area contributed by atoms with Gasteiger partial charge in [-0.15, -0.1) is 0 Å². The molecule has 1 aromatic rings. The molecule has 15 heavy (non-hydrogen) atoms. The lowest BCUT2D eigenvalue weighted by Crippen LogP contribution is -2.33. The molecular formula is C11H18N2O2. The SMILES string of the molecule is COCC(C)N(C)c1cnccc1CO. The Hall–Kier alpha value is -1.13. The van der Waals surface area contributed by atoms with E-state index in [1.807, 2.05) is 13.1 Å². The van der Waals surface area contributed by atoms with Crippen LogP contribution in [-0.2, 0) is 11.3 Å². The van der Waals surface area contributed by atoms with Gasteiger partial charge in [-0.2, -0.15) is 0 Å². The van der Waals surface area contributed by atoms with Gasteiger partial charge >= 0.3 is 0 Å². The van der Waals surface area contributed by atoms with E-state index in [0.717, 1.165) is 11.3 Å². The predicted octanol–water partition coefficient (Wildman–Crippen LogP) is 1.05. The number of ether oxygens (including phenoxy) is 1. The number of hydrogen-bond donors (Lipinski definition) is 1. The first kappa shape index (κ1) is 11.9. The molecule has 0 bridgehead atoms. The molecule has 0 aliphatic rings. The van der Waals surface area contributed by atoms with Crippen LogP contribution in [0.4, 0.5) is 5.69 Å². The minimum absolute atomic E-state index is 0.0297. The van der Waals surface area contributed by atoms with Gasteiger partial charge in [0, 0.05) is 32.0 Å². The van der Waals surface area contributed by atoms with Crippen molar-refractivity contribution < 1.29 is 9.84 Å². The fourth-order valence-electron chi connectivity index (χ4n) is 1.46. The van der Waals surface area contributed by atoms with Crippen molar-refractivity contribution in [1.29, 1.82) is 0 Å².